The molecule has 0 aliphatic rings. The highest BCUT2D eigenvalue weighted by atomic mass is 14.8. The third kappa shape index (κ3) is 2.05. The fourth-order valence-corrected chi connectivity index (χ4v) is 4.36. The van der Waals surface area contributed by atoms with Crippen LogP contribution >= 0.6 is 0 Å². The minimum Gasteiger partial charge on any atom is -0.262 e. The number of hydrogen-bond acceptors (Lipinski definition) is 1. The quantitative estimate of drug-likeness (QED) is 0.200. The largest absolute Gasteiger partial charge is 0.262 e. The lowest BCUT2D eigenvalue weighted by atomic mass is 9.87. The van der Waals surface area contributed by atoms with Crippen molar-refractivity contribution in [3.05, 3.63) is 100 Å². The van der Waals surface area contributed by atoms with E-state index >= 15 is 0 Å². The fourth-order valence-electron chi connectivity index (χ4n) is 4.36. The van der Waals surface area contributed by atoms with Crippen molar-refractivity contribution in [1.82, 2.24) is 0 Å². The van der Waals surface area contributed by atoms with Crippen molar-refractivity contribution in [3.8, 4) is 6.07 Å². The van der Waals surface area contributed by atoms with Crippen molar-refractivity contribution in [2.45, 2.75) is 0 Å². The van der Waals surface area contributed by atoms with Gasteiger partial charge in [0.2, 0.25) is 11.4 Å². The molecule has 0 fully saturated rings. The van der Waals surface area contributed by atoms with E-state index in [1.165, 1.54) is 0 Å². The average Bonchev–Trinajstić information content (AvgIpc) is 2.81. The molecule has 0 bridgehead atoms. The number of rotatable bonds is 0. The van der Waals surface area contributed by atoms with Gasteiger partial charge in [0.1, 0.15) is 0 Å². The topological polar surface area (TPSA) is 36.9 Å². The first-order valence-electron chi connectivity index (χ1n) is 9.13. The first-order valence-corrected chi connectivity index (χ1v) is 9.13. The van der Waals surface area contributed by atoms with Crippen LogP contribution in [0.4, 0.5) is 17.1 Å². The van der Waals surface area contributed by atoms with Crippen LogP contribution in [0.2, 0.25) is 0 Å². The Hall–Kier alpha value is -4.90. The summed E-state index contributed by atoms with van der Waals surface area (Å²) in [5.41, 5.74) is 0.200. The van der Waals surface area contributed by atoms with E-state index in [0.717, 1.165) is 32.3 Å². The van der Waals surface area contributed by atoms with Crippen LogP contribution in [0.1, 0.15) is 5.56 Å². The molecule has 5 aromatic rings. The van der Waals surface area contributed by atoms with Crippen LogP contribution in [0.15, 0.2) is 60.7 Å². The Bertz CT molecular complexity index is 1730. The summed E-state index contributed by atoms with van der Waals surface area (Å²) in [5.74, 6) is 0. The van der Waals surface area contributed by atoms with E-state index in [1.807, 2.05) is 60.7 Å². The molecule has 134 valence electrons. The van der Waals surface area contributed by atoms with Gasteiger partial charge in [0, 0.05) is 0 Å². The standard InChI is InChI=1S/C26H10N4/c1-28-24-20(14-27)22-18-11-7-6-10-17(18)21-16-9-5-4-8-15(16)12-13-19(21)23(22)25(29-2)26(24)30-3/h4-13H. The van der Waals surface area contributed by atoms with E-state index in [2.05, 4.69) is 20.6 Å². The van der Waals surface area contributed by atoms with Crippen LogP contribution in [-0.4, -0.2) is 0 Å². The van der Waals surface area contributed by atoms with E-state index in [1.54, 1.807) is 0 Å². The Balaban J connectivity index is 2.30. The zero-order chi connectivity index (χ0) is 20.8. The lowest BCUT2D eigenvalue weighted by molar-refractivity contribution is 1.51. The van der Waals surface area contributed by atoms with Gasteiger partial charge in [-0.25, -0.2) is 0 Å². The Morgan fingerprint density at radius 3 is 1.80 bits per heavy atom. The Kier molecular flexibility index (Phi) is 3.63. The number of nitrogens with zero attached hydrogens (tertiary/aromatic N) is 4. The summed E-state index contributed by atoms with van der Waals surface area (Å²) in [6.07, 6.45) is 0. The molecule has 0 heterocycles. The number of benzene rings is 5. The van der Waals surface area contributed by atoms with E-state index in [4.69, 9.17) is 19.7 Å². The molecule has 0 spiro atoms. The van der Waals surface area contributed by atoms with Crippen LogP contribution in [0.3, 0.4) is 0 Å². The Morgan fingerprint density at radius 2 is 1.17 bits per heavy atom. The van der Waals surface area contributed by atoms with Crippen LogP contribution in [0, 0.1) is 31.0 Å². The fraction of sp³-hybridized carbons (Fsp3) is 0. The van der Waals surface area contributed by atoms with E-state index in [-0.39, 0.29) is 22.6 Å². The summed E-state index contributed by atoms with van der Waals surface area (Å²) in [7, 11) is 0. The summed E-state index contributed by atoms with van der Waals surface area (Å²) in [5, 5.41) is 16.8. The van der Waals surface area contributed by atoms with Gasteiger partial charge in [-0.1, -0.05) is 60.7 Å². The molecule has 0 aliphatic heterocycles. The van der Waals surface area contributed by atoms with Gasteiger partial charge < -0.3 is 0 Å². The van der Waals surface area contributed by atoms with E-state index in [0.29, 0.717) is 10.8 Å². The predicted molar refractivity (Wildman–Crippen MR) is 120 cm³/mol. The van der Waals surface area contributed by atoms with Crippen molar-refractivity contribution in [2.24, 2.45) is 0 Å². The van der Waals surface area contributed by atoms with E-state index < -0.39 is 0 Å². The molecule has 0 aliphatic carbocycles. The second-order valence-electron chi connectivity index (χ2n) is 6.87. The van der Waals surface area contributed by atoms with Gasteiger partial charge in [-0.3, -0.25) is 14.5 Å². The first kappa shape index (κ1) is 17.2. The predicted octanol–water partition coefficient (Wildman–Crippen LogP) is 7.82. The van der Waals surface area contributed by atoms with Crippen molar-refractivity contribution in [1.29, 1.82) is 5.26 Å². The maximum Gasteiger partial charge on any atom is 0.202 e. The van der Waals surface area contributed by atoms with Gasteiger partial charge in [-0.05, 0) is 43.1 Å². The Labute approximate surface area is 172 Å². The average molecular weight is 378 g/mol. The van der Waals surface area contributed by atoms with Gasteiger partial charge >= 0.3 is 0 Å². The zero-order valence-electron chi connectivity index (χ0n) is 15.6. The number of fused-ring (bicyclic) bond motifs is 8. The van der Waals surface area contributed by atoms with Gasteiger partial charge in [0.15, 0.2) is 5.69 Å². The summed E-state index contributed by atoms with van der Waals surface area (Å²) in [6.45, 7) is 23.0. The van der Waals surface area contributed by atoms with Gasteiger partial charge in [0.25, 0.3) is 0 Å². The first-order chi connectivity index (χ1) is 14.7. The molecule has 0 N–H and O–H groups in total. The van der Waals surface area contributed by atoms with Crippen molar-refractivity contribution < 1.29 is 0 Å². The molecule has 4 nitrogen and oxygen atoms in total. The summed E-state index contributed by atoms with van der Waals surface area (Å²) >= 11 is 0. The van der Waals surface area contributed by atoms with Gasteiger partial charge in [0.05, 0.1) is 31.3 Å². The molecule has 0 amide bonds. The molecule has 4 heteroatoms. The summed E-state index contributed by atoms with van der Waals surface area (Å²) < 4.78 is 0. The SMILES string of the molecule is [C-]#[N+]c1c([N+]#[C-])c([N+]#[C-])c2c3ccc4ccccc4c3c3ccccc3c2c1C#N. The highest BCUT2D eigenvalue weighted by Crippen LogP contribution is 2.52. The molecule has 0 unspecified atom stereocenters. The van der Waals surface area contributed by atoms with Crippen molar-refractivity contribution in [2.75, 3.05) is 0 Å². The number of nitriles is 1. The molecule has 0 aromatic heterocycles. The minimum absolute atomic E-state index is 0.0451. The molecule has 5 rings (SSSR count). The second-order valence-corrected chi connectivity index (χ2v) is 6.87. The number of hydrogen-bond donors (Lipinski definition) is 0. The van der Waals surface area contributed by atoms with Gasteiger partial charge in [-0.2, -0.15) is 5.26 Å². The summed E-state index contributed by atoms with van der Waals surface area (Å²) in [6, 6.07) is 21.9. The lowest BCUT2D eigenvalue weighted by Gasteiger charge is -2.17. The molecular formula is C26H10N4. The van der Waals surface area contributed by atoms with Crippen molar-refractivity contribution >= 4 is 60.2 Å². The van der Waals surface area contributed by atoms with Crippen LogP contribution < -0.4 is 0 Å². The smallest absolute Gasteiger partial charge is 0.202 e. The zero-order valence-corrected chi connectivity index (χ0v) is 15.6. The third-order valence-corrected chi connectivity index (χ3v) is 5.53. The molecule has 0 atom stereocenters. The highest BCUT2D eigenvalue weighted by molar-refractivity contribution is 6.36. The Morgan fingerprint density at radius 1 is 0.567 bits per heavy atom. The van der Waals surface area contributed by atoms with Gasteiger partial charge in [-0.15, -0.1) is 0 Å². The molecular weight excluding hydrogens is 368 g/mol. The molecule has 0 saturated heterocycles. The minimum atomic E-state index is -0.0474. The monoisotopic (exact) mass is 378 g/mol. The maximum absolute atomic E-state index is 9.96. The van der Waals surface area contributed by atoms with Crippen molar-refractivity contribution in [3.63, 3.8) is 0 Å². The normalized spacial score (nSPS) is 10.5. The summed E-state index contributed by atoms with van der Waals surface area (Å²) in [4.78, 5) is 10.6. The van der Waals surface area contributed by atoms with Crippen LogP contribution in [0.25, 0.3) is 57.6 Å². The molecule has 5 aromatic carbocycles. The van der Waals surface area contributed by atoms with E-state index in [9.17, 15) is 5.26 Å². The van der Waals surface area contributed by atoms with Crippen LogP contribution in [0.5, 0.6) is 0 Å². The molecule has 30 heavy (non-hydrogen) atoms. The van der Waals surface area contributed by atoms with Crippen LogP contribution in [-0.2, 0) is 0 Å². The highest BCUT2D eigenvalue weighted by Gasteiger charge is 2.24. The molecule has 0 saturated carbocycles. The second kappa shape index (κ2) is 6.32. The molecule has 0 radical (unpaired) electrons. The lowest BCUT2D eigenvalue weighted by Crippen LogP contribution is -1.89. The maximum atomic E-state index is 9.96. The third-order valence-electron chi connectivity index (χ3n) is 5.53.